The molecule has 1 aliphatic rings. The molecule has 0 saturated heterocycles. The van der Waals surface area contributed by atoms with Gasteiger partial charge in [0.15, 0.2) is 6.17 Å². The van der Waals surface area contributed by atoms with Gasteiger partial charge in [-0.1, -0.05) is 0 Å². The third-order valence-electron chi connectivity index (χ3n) is 1.19. The van der Waals surface area contributed by atoms with E-state index in [2.05, 4.69) is 15.9 Å². The van der Waals surface area contributed by atoms with Crippen LogP contribution < -0.4 is 0 Å². The van der Waals surface area contributed by atoms with Gasteiger partial charge in [-0.2, -0.15) is 0 Å². The molecule has 0 aromatic heterocycles. The first-order chi connectivity index (χ1) is 4.93. The second kappa shape index (κ2) is 4.10. The summed E-state index contributed by atoms with van der Waals surface area (Å²) in [4.78, 5) is 0. The van der Waals surface area contributed by atoms with Gasteiger partial charge in [-0.25, -0.2) is 17.6 Å². The summed E-state index contributed by atoms with van der Waals surface area (Å²) < 4.78 is 46.9. The largest absolute Gasteiger partial charge is 0.316 e. The van der Waals surface area contributed by atoms with E-state index in [0.29, 0.717) is 12.2 Å². The molecule has 0 bridgehead atoms. The van der Waals surface area contributed by atoms with E-state index in [0.717, 1.165) is 0 Å². The maximum Gasteiger partial charge on any atom is 0.316 e. The molecule has 66 valence electrons. The lowest BCUT2D eigenvalue weighted by molar-refractivity contribution is 0.181. The SMILES string of the molecule is FC1=CC(F)(Br)C(F)C(F)=C1.[MgH2]. The Kier molecular flexibility index (Phi) is 4.26. The van der Waals surface area contributed by atoms with Crippen LogP contribution in [-0.2, 0) is 0 Å². The molecule has 0 aromatic carbocycles. The van der Waals surface area contributed by atoms with Crippen molar-refractivity contribution in [1.29, 1.82) is 0 Å². The molecule has 6 heteroatoms. The minimum Gasteiger partial charge on any atom is -0.235 e. The first-order valence-electron chi connectivity index (χ1n) is 2.71. The Hall–Kier alpha value is 0.446. The number of alkyl halides is 3. The fraction of sp³-hybridized carbons (Fsp3) is 0.333. The summed E-state index contributed by atoms with van der Waals surface area (Å²) >= 11 is 2.20. The van der Waals surface area contributed by atoms with Crippen molar-refractivity contribution in [3.05, 3.63) is 23.8 Å². The lowest BCUT2D eigenvalue weighted by Gasteiger charge is -2.20. The van der Waals surface area contributed by atoms with Gasteiger partial charge < -0.3 is 0 Å². The van der Waals surface area contributed by atoms with E-state index in [-0.39, 0.29) is 23.1 Å². The number of hydrogen-bond donors (Lipinski definition) is 0. The van der Waals surface area contributed by atoms with Crippen molar-refractivity contribution in [3.8, 4) is 0 Å². The van der Waals surface area contributed by atoms with E-state index in [1.165, 1.54) is 0 Å². The zero-order valence-electron chi connectivity index (χ0n) is 5.12. The van der Waals surface area contributed by atoms with E-state index in [1.54, 1.807) is 0 Å². The van der Waals surface area contributed by atoms with Gasteiger partial charge in [0.1, 0.15) is 11.7 Å². The lowest BCUT2D eigenvalue weighted by Crippen LogP contribution is -2.28. The van der Waals surface area contributed by atoms with Gasteiger partial charge in [0.2, 0.25) is 4.58 Å². The molecule has 0 amide bonds. The highest BCUT2D eigenvalue weighted by Crippen LogP contribution is 2.38. The minimum absolute atomic E-state index is 0. The Bertz CT molecular complexity index is 236. The normalized spacial score (nSPS) is 34.9. The number of hydrogen-bond acceptors (Lipinski definition) is 0. The van der Waals surface area contributed by atoms with E-state index < -0.39 is 22.4 Å². The van der Waals surface area contributed by atoms with Gasteiger partial charge in [-0.15, -0.1) is 0 Å². The van der Waals surface area contributed by atoms with Crippen LogP contribution in [0.2, 0.25) is 0 Å². The van der Waals surface area contributed by atoms with E-state index >= 15 is 0 Å². The Balaban J connectivity index is 0.00000121. The maximum atomic E-state index is 12.7. The zero-order valence-corrected chi connectivity index (χ0v) is 6.71. The van der Waals surface area contributed by atoms with Crippen molar-refractivity contribution in [3.63, 3.8) is 0 Å². The predicted molar refractivity (Wildman–Crippen MR) is 44.6 cm³/mol. The minimum atomic E-state index is -2.75. The van der Waals surface area contributed by atoms with E-state index in [4.69, 9.17) is 0 Å². The molecule has 0 nitrogen and oxygen atoms in total. The third kappa shape index (κ3) is 2.46. The summed E-state index contributed by atoms with van der Waals surface area (Å²) in [6.07, 6.45) is -1.83. The standard InChI is InChI=1S/C6H3BrF4.Mg.2H/c7-6(11)2-3(8)1-4(9)5(6)10;;;/h1-2,5H;;;. The van der Waals surface area contributed by atoms with Crippen molar-refractivity contribution in [1.82, 2.24) is 0 Å². The molecule has 0 aromatic rings. The summed E-state index contributed by atoms with van der Waals surface area (Å²) in [6, 6.07) is 0. The van der Waals surface area contributed by atoms with Gasteiger partial charge in [-0.3, -0.25) is 0 Å². The molecule has 0 saturated carbocycles. The highest BCUT2D eigenvalue weighted by Gasteiger charge is 2.41. The van der Waals surface area contributed by atoms with Gasteiger partial charge in [-0.05, 0) is 15.9 Å². The quantitative estimate of drug-likeness (QED) is 0.354. The van der Waals surface area contributed by atoms with Crippen LogP contribution in [0.5, 0.6) is 0 Å². The molecule has 1 rings (SSSR count). The van der Waals surface area contributed by atoms with Crippen LogP contribution in [0, 0.1) is 0 Å². The summed E-state index contributed by atoms with van der Waals surface area (Å²) in [5, 5.41) is 0. The van der Waals surface area contributed by atoms with E-state index in [9.17, 15) is 17.6 Å². The van der Waals surface area contributed by atoms with Crippen molar-refractivity contribution in [2.75, 3.05) is 0 Å². The molecule has 12 heavy (non-hydrogen) atoms. The van der Waals surface area contributed by atoms with Crippen LogP contribution >= 0.6 is 15.9 Å². The van der Waals surface area contributed by atoms with Gasteiger partial charge in [0.25, 0.3) is 0 Å². The first-order valence-corrected chi connectivity index (χ1v) is 3.50. The van der Waals surface area contributed by atoms with Crippen LogP contribution in [0.15, 0.2) is 23.8 Å². The highest BCUT2D eigenvalue weighted by atomic mass is 79.9. The average Bonchev–Trinajstić information content (AvgIpc) is 1.81. The summed E-state index contributed by atoms with van der Waals surface area (Å²) in [5.41, 5.74) is 0. The second-order valence-electron chi connectivity index (χ2n) is 2.10. The Morgan fingerprint density at radius 3 is 2.33 bits per heavy atom. The molecular formula is C6H5BrF4Mg. The van der Waals surface area contributed by atoms with Crippen molar-refractivity contribution in [2.24, 2.45) is 0 Å². The number of allylic oxidation sites excluding steroid dienone is 4. The lowest BCUT2D eigenvalue weighted by atomic mass is 10.1. The molecule has 0 heterocycles. The maximum absolute atomic E-state index is 12.7. The fourth-order valence-corrected chi connectivity index (χ4v) is 1.12. The number of rotatable bonds is 0. The Morgan fingerprint density at radius 2 is 1.92 bits per heavy atom. The smallest absolute Gasteiger partial charge is 0.235 e. The number of halogens is 5. The van der Waals surface area contributed by atoms with Crippen molar-refractivity contribution < 1.29 is 17.6 Å². The first kappa shape index (κ1) is 12.4. The van der Waals surface area contributed by atoms with Crippen molar-refractivity contribution >= 4 is 39.0 Å². The van der Waals surface area contributed by atoms with Crippen LogP contribution in [-0.4, -0.2) is 33.8 Å². The molecule has 0 aliphatic heterocycles. The highest BCUT2D eigenvalue weighted by molar-refractivity contribution is 9.10. The van der Waals surface area contributed by atoms with Crippen LogP contribution in [0.25, 0.3) is 0 Å². The molecule has 0 N–H and O–H groups in total. The second-order valence-corrected chi connectivity index (χ2v) is 3.31. The molecule has 0 spiro atoms. The zero-order chi connectivity index (χ0) is 8.65. The van der Waals surface area contributed by atoms with Crippen LogP contribution in [0.1, 0.15) is 0 Å². The Labute approximate surface area is 91.0 Å². The van der Waals surface area contributed by atoms with Crippen molar-refractivity contribution in [2.45, 2.75) is 10.7 Å². The molecular weight excluding hydrogens is 252 g/mol. The average molecular weight is 257 g/mol. The van der Waals surface area contributed by atoms with Crippen LogP contribution in [0.3, 0.4) is 0 Å². The van der Waals surface area contributed by atoms with E-state index in [1.807, 2.05) is 0 Å². The topological polar surface area (TPSA) is 0 Å². The van der Waals surface area contributed by atoms with Gasteiger partial charge >= 0.3 is 23.1 Å². The Morgan fingerprint density at radius 1 is 1.42 bits per heavy atom. The molecule has 0 fully saturated rings. The molecule has 2 atom stereocenters. The predicted octanol–water partition coefficient (Wildman–Crippen LogP) is 2.19. The summed E-state index contributed by atoms with van der Waals surface area (Å²) in [7, 11) is 0. The van der Waals surface area contributed by atoms with Gasteiger partial charge in [0, 0.05) is 12.2 Å². The molecule has 2 unspecified atom stereocenters. The molecule has 0 radical (unpaired) electrons. The van der Waals surface area contributed by atoms with Crippen LogP contribution in [0.4, 0.5) is 17.6 Å². The molecule has 1 aliphatic carbocycles. The third-order valence-corrected chi connectivity index (χ3v) is 1.82. The fourth-order valence-electron chi connectivity index (χ4n) is 0.687. The summed E-state index contributed by atoms with van der Waals surface area (Å²) in [6.45, 7) is 0. The van der Waals surface area contributed by atoms with Gasteiger partial charge in [0.05, 0.1) is 0 Å². The monoisotopic (exact) mass is 256 g/mol. The summed E-state index contributed by atoms with van der Waals surface area (Å²) in [5.74, 6) is -2.58.